The Morgan fingerprint density at radius 3 is 2.56 bits per heavy atom. The highest BCUT2D eigenvalue weighted by Crippen LogP contribution is 2.46. The van der Waals surface area contributed by atoms with Crippen LogP contribution in [0.3, 0.4) is 0 Å². The molecule has 2 aliphatic rings. The number of nitrogens with zero attached hydrogens (tertiary/aromatic N) is 1. The molecule has 1 aliphatic heterocycles. The normalized spacial score (nSPS) is 30.1. The van der Waals surface area contributed by atoms with E-state index >= 15 is 0 Å². The lowest BCUT2D eigenvalue weighted by Gasteiger charge is -2.40. The minimum atomic E-state index is 0.851. The summed E-state index contributed by atoms with van der Waals surface area (Å²) < 4.78 is 0. The summed E-state index contributed by atoms with van der Waals surface area (Å²) >= 11 is 0. The zero-order valence-corrected chi connectivity index (χ0v) is 9.68. The molecule has 2 unspecified atom stereocenters. The van der Waals surface area contributed by atoms with E-state index in [0.29, 0.717) is 0 Å². The number of benzene rings is 1. The Morgan fingerprint density at radius 2 is 1.94 bits per heavy atom. The van der Waals surface area contributed by atoms with Gasteiger partial charge in [-0.05, 0) is 36.3 Å². The summed E-state index contributed by atoms with van der Waals surface area (Å²) in [5.41, 5.74) is 7.12. The molecule has 3 rings (SSSR count). The van der Waals surface area contributed by atoms with Gasteiger partial charge in [0.05, 0.1) is 0 Å². The highest BCUT2D eigenvalue weighted by molar-refractivity contribution is 5.15. The first-order valence-corrected chi connectivity index (χ1v) is 6.33. The number of hydrogen-bond acceptors (Lipinski definition) is 2. The van der Waals surface area contributed by atoms with Gasteiger partial charge < -0.3 is 5.73 Å². The van der Waals surface area contributed by atoms with Crippen molar-refractivity contribution in [2.45, 2.75) is 13.0 Å². The summed E-state index contributed by atoms with van der Waals surface area (Å²) in [7, 11) is 0. The predicted molar refractivity (Wildman–Crippen MR) is 65.9 cm³/mol. The van der Waals surface area contributed by atoms with Crippen molar-refractivity contribution in [3.05, 3.63) is 35.9 Å². The van der Waals surface area contributed by atoms with Gasteiger partial charge in [-0.25, -0.2) is 0 Å². The molecule has 2 atom stereocenters. The molecule has 0 spiro atoms. The Hall–Kier alpha value is -0.860. The Kier molecular flexibility index (Phi) is 2.70. The van der Waals surface area contributed by atoms with Gasteiger partial charge in [-0.15, -0.1) is 0 Å². The van der Waals surface area contributed by atoms with Crippen molar-refractivity contribution in [2.24, 2.45) is 23.5 Å². The van der Waals surface area contributed by atoms with Crippen LogP contribution in [0.1, 0.15) is 12.0 Å². The Morgan fingerprint density at radius 1 is 1.19 bits per heavy atom. The van der Waals surface area contributed by atoms with E-state index in [9.17, 15) is 0 Å². The summed E-state index contributed by atoms with van der Waals surface area (Å²) in [6.07, 6.45) is 1.39. The van der Waals surface area contributed by atoms with Crippen molar-refractivity contribution < 1.29 is 0 Å². The van der Waals surface area contributed by atoms with E-state index in [1.54, 1.807) is 0 Å². The maximum Gasteiger partial charge on any atom is 0.0233 e. The molecular formula is C14H20N2. The number of rotatable bonds is 4. The molecule has 1 saturated heterocycles. The second kappa shape index (κ2) is 4.19. The summed E-state index contributed by atoms with van der Waals surface area (Å²) in [6.45, 7) is 4.60. The van der Waals surface area contributed by atoms with Gasteiger partial charge in [-0.2, -0.15) is 0 Å². The van der Waals surface area contributed by atoms with E-state index in [0.717, 1.165) is 30.8 Å². The quantitative estimate of drug-likeness (QED) is 0.830. The smallest absolute Gasteiger partial charge is 0.0233 e. The Bertz CT molecular complexity index is 343. The lowest BCUT2D eigenvalue weighted by molar-refractivity contribution is 0.0740. The molecule has 1 heterocycles. The predicted octanol–water partition coefficient (Wildman–Crippen LogP) is 1.71. The van der Waals surface area contributed by atoms with Crippen molar-refractivity contribution in [2.75, 3.05) is 19.6 Å². The van der Waals surface area contributed by atoms with Crippen LogP contribution in [-0.4, -0.2) is 24.5 Å². The zero-order valence-electron chi connectivity index (χ0n) is 9.68. The van der Waals surface area contributed by atoms with Gasteiger partial charge in [-0.3, -0.25) is 4.90 Å². The molecule has 1 aromatic carbocycles. The maximum atomic E-state index is 5.69. The molecule has 0 bridgehead atoms. The van der Waals surface area contributed by atoms with Crippen LogP contribution in [-0.2, 0) is 6.54 Å². The molecule has 1 aromatic rings. The largest absolute Gasteiger partial charge is 0.330 e. The number of likely N-dealkylation sites (tertiary alicyclic amines) is 1. The topological polar surface area (TPSA) is 29.3 Å². The van der Waals surface area contributed by atoms with Gasteiger partial charge in [0.1, 0.15) is 0 Å². The molecule has 2 nitrogen and oxygen atoms in total. The molecule has 1 aliphatic carbocycles. The SMILES string of the molecule is NCC1CC1C1CN(Cc2ccccc2)C1. The third-order valence-electron chi connectivity index (χ3n) is 4.12. The first-order chi connectivity index (χ1) is 7.86. The fourth-order valence-corrected chi connectivity index (χ4v) is 2.97. The molecule has 2 heteroatoms. The zero-order chi connectivity index (χ0) is 11.0. The first-order valence-electron chi connectivity index (χ1n) is 6.33. The third-order valence-corrected chi connectivity index (χ3v) is 4.12. The molecule has 0 amide bonds. The lowest BCUT2D eigenvalue weighted by Crippen LogP contribution is -2.47. The van der Waals surface area contributed by atoms with E-state index in [4.69, 9.17) is 5.73 Å². The van der Waals surface area contributed by atoms with Gasteiger partial charge in [-0.1, -0.05) is 30.3 Å². The Balaban J connectivity index is 1.45. The van der Waals surface area contributed by atoms with Crippen LogP contribution in [0.4, 0.5) is 0 Å². The molecule has 1 saturated carbocycles. The summed E-state index contributed by atoms with van der Waals surface area (Å²) in [5.74, 6) is 2.75. The molecule has 2 N–H and O–H groups in total. The highest BCUT2D eigenvalue weighted by Gasteiger charge is 2.46. The van der Waals surface area contributed by atoms with Crippen molar-refractivity contribution in [3.63, 3.8) is 0 Å². The summed E-state index contributed by atoms with van der Waals surface area (Å²) in [6, 6.07) is 10.8. The second-order valence-electron chi connectivity index (χ2n) is 5.34. The van der Waals surface area contributed by atoms with Crippen LogP contribution < -0.4 is 5.73 Å². The van der Waals surface area contributed by atoms with Gasteiger partial charge in [0.2, 0.25) is 0 Å². The number of hydrogen-bond donors (Lipinski definition) is 1. The van der Waals surface area contributed by atoms with Crippen LogP contribution in [0.2, 0.25) is 0 Å². The van der Waals surface area contributed by atoms with Crippen LogP contribution in [0, 0.1) is 17.8 Å². The monoisotopic (exact) mass is 216 g/mol. The molecule has 86 valence electrons. The van der Waals surface area contributed by atoms with Gasteiger partial charge in [0.25, 0.3) is 0 Å². The average Bonchev–Trinajstić information content (AvgIpc) is 3.03. The van der Waals surface area contributed by atoms with Crippen LogP contribution in [0.15, 0.2) is 30.3 Å². The maximum absolute atomic E-state index is 5.69. The van der Waals surface area contributed by atoms with Crippen molar-refractivity contribution in [1.82, 2.24) is 4.90 Å². The van der Waals surface area contributed by atoms with E-state index < -0.39 is 0 Å². The van der Waals surface area contributed by atoms with E-state index in [-0.39, 0.29) is 0 Å². The minimum absolute atomic E-state index is 0.851. The van der Waals surface area contributed by atoms with Crippen LogP contribution in [0.5, 0.6) is 0 Å². The van der Waals surface area contributed by atoms with Crippen LogP contribution >= 0.6 is 0 Å². The molecule has 16 heavy (non-hydrogen) atoms. The Labute approximate surface area is 97.4 Å². The minimum Gasteiger partial charge on any atom is -0.330 e. The summed E-state index contributed by atoms with van der Waals surface area (Å²) in [5, 5.41) is 0. The van der Waals surface area contributed by atoms with Gasteiger partial charge in [0.15, 0.2) is 0 Å². The average molecular weight is 216 g/mol. The van der Waals surface area contributed by atoms with Crippen molar-refractivity contribution >= 4 is 0 Å². The van der Waals surface area contributed by atoms with E-state index in [1.165, 1.54) is 25.1 Å². The first kappa shape index (κ1) is 10.3. The molecule has 2 fully saturated rings. The standard InChI is InChI=1S/C14H20N2/c15-7-12-6-14(12)13-9-16(10-13)8-11-4-2-1-3-5-11/h1-5,12-14H,6-10,15H2. The van der Waals surface area contributed by atoms with Gasteiger partial charge in [0, 0.05) is 19.6 Å². The van der Waals surface area contributed by atoms with E-state index in [1.807, 2.05) is 0 Å². The second-order valence-corrected chi connectivity index (χ2v) is 5.34. The van der Waals surface area contributed by atoms with Gasteiger partial charge >= 0.3 is 0 Å². The number of nitrogens with two attached hydrogens (primary N) is 1. The van der Waals surface area contributed by atoms with Crippen molar-refractivity contribution in [3.8, 4) is 0 Å². The fraction of sp³-hybridized carbons (Fsp3) is 0.571. The molecule has 0 aromatic heterocycles. The summed E-state index contributed by atoms with van der Waals surface area (Å²) in [4.78, 5) is 2.55. The van der Waals surface area contributed by atoms with Crippen LogP contribution in [0.25, 0.3) is 0 Å². The molecular weight excluding hydrogens is 196 g/mol. The van der Waals surface area contributed by atoms with Crippen molar-refractivity contribution in [1.29, 1.82) is 0 Å². The van der Waals surface area contributed by atoms with E-state index in [2.05, 4.69) is 35.2 Å². The highest BCUT2D eigenvalue weighted by atomic mass is 15.2. The third kappa shape index (κ3) is 2.00. The molecule has 0 radical (unpaired) electrons. The fourth-order valence-electron chi connectivity index (χ4n) is 2.97. The lowest BCUT2D eigenvalue weighted by atomic mass is 9.93.